The number of carbonyl (C=O) groups is 1. The summed E-state index contributed by atoms with van der Waals surface area (Å²) in [5, 5.41) is 5.91. The number of rotatable bonds is 6. The number of amides is 1. The molecule has 1 aromatic carbocycles. The van der Waals surface area contributed by atoms with Gasteiger partial charge in [0.25, 0.3) is 0 Å². The molecular formula is C22H24F3N5O2. The van der Waals surface area contributed by atoms with E-state index in [2.05, 4.69) is 20.6 Å². The molecule has 2 bridgehead atoms. The van der Waals surface area contributed by atoms with Crippen LogP contribution in [0.2, 0.25) is 0 Å². The SMILES string of the molecule is COCC(=O)N1C[C@H]2C[C@@H](C1)c1cc(Nc3ncc(C(F)(F)F)c(NC4CC4)n3)ccc12. The minimum absolute atomic E-state index is 0.0119. The molecule has 0 unspecified atom stereocenters. The van der Waals surface area contributed by atoms with Crippen molar-refractivity contribution in [3.8, 4) is 0 Å². The molecule has 5 rings (SSSR count). The molecule has 32 heavy (non-hydrogen) atoms. The summed E-state index contributed by atoms with van der Waals surface area (Å²) in [6.07, 6.45) is -1.04. The number of alkyl halides is 3. The van der Waals surface area contributed by atoms with Gasteiger partial charge < -0.3 is 20.3 Å². The van der Waals surface area contributed by atoms with Crippen molar-refractivity contribution in [2.75, 3.05) is 37.4 Å². The Morgan fingerprint density at radius 3 is 2.66 bits per heavy atom. The minimum Gasteiger partial charge on any atom is -0.375 e. The molecule has 2 fully saturated rings. The van der Waals surface area contributed by atoms with E-state index in [9.17, 15) is 18.0 Å². The van der Waals surface area contributed by atoms with Crippen molar-refractivity contribution in [2.24, 2.45) is 0 Å². The third-order valence-electron chi connectivity index (χ3n) is 6.31. The van der Waals surface area contributed by atoms with Gasteiger partial charge in [0.15, 0.2) is 0 Å². The Kier molecular flexibility index (Phi) is 5.19. The van der Waals surface area contributed by atoms with Crippen molar-refractivity contribution < 1.29 is 22.7 Å². The number of piperidine rings is 1. The summed E-state index contributed by atoms with van der Waals surface area (Å²) in [4.78, 5) is 22.1. The Balaban J connectivity index is 1.36. The lowest BCUT2D eigenvalue weighted by Crippen LogP contribution is -2.41. The number of methoxy groups -OCH3 is 1. The van der Waals surface area contributed by atoms with Crippen LogP contribution in [0.4, 0.5) is 30.6 Å². The number of likely N-dealkylation sites (tertiary alicyclic amines) is 1. The summed E-state index contributed by atoms with van der Waals surface area (Å²) in [6, 6.07) is 5.94. The Morgan fingerprint density at radius 1 is 1.22 bits per heavy atom. The molecular weight excluding hydrogens is 423 g/mol. The number of nitrogens with zero attached hydrogens (tertiary/aromatic N) is 3. The number of hydrogen-bond donors (Lipinski definition) is 2. The van der Waals surface area contributed by atoms with Crippen LogP contribution >= 0.6 is 0 Å². The molecule has 0 radical (unpaired) electrons. The molecule has 1 aliphatic heterocycles. The monoisotopic (exact) mass is 447 g/mol. The maximum Gasteiger partial charge on any atom is 0.421 e. The van der Waals surface area contributed by atoms with Crippen molar-refractivity contribution in [3.63, 3.8) is 0 Å². The highest BCUT2D eigenvalue weighted by molar-refractivity contribution is 5.78. The minimum atomic E-state index is -4.52. The Hall–Kier alpha value is -2.88. The molecule has 7 nitrogen and oxygen atoms in total. The molecule has 2 atom stereocenters. The smallest absolute Gasteiger partial charge is 0.375 e. The highest BCUT2D eigenvalue weighted by Gasteiger charge is 2.39. The number of benzene rings is 1. The van der Waals surface area contributed by atoms with Crippen LogP contribution in [0.5, 0.6) is 0 Å². The third kappa shape index (κ3) is 4.11. The van der Waals surface area contributed by atoms with Gasteiger partial charge in [-0.05, 0) is 42.5 Å². The average Bonchev–Trinajstić information content (AvgIpc) is 3.53. The van der Waals surface area contributed by atoms with Gasteiger partial charge in [-0.1, -0.05) is 6.07 Å². The summed E-state index contributed by atoms with van der Waals surface area (Å²) < 4.78 is 44.9. The summed E-state index contributed by atoms with van der Waals surface area (Å²) in [5.74, 6) is 0.421. The van der Waals surface area contributed by atoms with Crippen molar-refractivity contribution in [1.82, 2.24) is 14.9 Å². The normalized spacial score (nSPS) is 21.9. The van der Waals surface area contributed by atoms with Gasteiger partial charge in [-0.3, -0.25) is 4.79 Å². The summed E-state index contributed by atoms with van der Waals surface area (Å²) in [7, 11) is 1.51. The number of halogens is 3. The molecule has 2 heterocycles. The lowest BCUT2D eigenvalue weighted by Gasteiger charge is -2.32. The molecule has 2 aliphatic carbocycles. The van der Waals surface area contributed by atoms with E-state index in [0.29, 0.717) is 18.8 Å². The van der Waals surface area contributed by atoms with Gasteiger partial charge in [0, 0.05) is 50.0 Å². The zero-order valence-electron chi connectivity index (χ0n) is 17.6. The first-order valence-electron chi connectivity index (χ1n) is 10.7. The highest BCUT2D eigenvalue weighted by atomic mass is 19.4. The van der Waals surface area contributed by atoms with Crippen LogP contribution < -0.4 is 10.6 Å². The molecule has 1 amide bonds. The van der Waals surface area contributed by atoms with Crippen LogP contribution in [0.3, 0.4) is 0 Å². The van der Waals surface area contributed by atoms with Gasteiger partial charge in [-0.25, -0.2) is 4.98 Å². The van der Waals surface area contributed by atoms with Crippen molar-refractivity contribution in [3.05, 3.63) is 41.1 Å². The fourth-order valence-corrected chi connectivity index (χ4v) is 4.66. The number of fused-ring (bicyclic) bond motifs is 5. The van der Waals surface area contributed by atoms with E-state index in [1.165, 1.54) is 12.7 Å². The van der Waals surface area contributed by atoms with Gasteiger partial charge in [0.05, 0.1) is 0 Å². The zero-order chi connectivity index (χ0) is 22.5. The molecule has 2 aromatic rings. The fraction of sp³-hybridized carbons (Fsp3) is 0.500. The second-order valence-electron chi connectivity index (χ2n) is 8.70. The van der Waals surface area contributed by atoms with E-state index in [4.69, 9.17) is 4.74 Å². The number of hydrogen-bond acceptors (Lipinski definition) is 6. The number of nitrogens with one attached hydrogen (secondary N) is 2. The van der Waals surface area contributed by atoms with Crippen LogP contribution in [0.1, 0.15) is 47.8 Å². The predicted molar refractivity (Wildman–Crippen MR) is 112 cm³/mol. The van der Waals surface area contributed by atoms with Crippen LogP contribution in [0, 0.1) is 0 Å². The van der Waals surface area contributed by atoms with Crippen LogP contribution in [-0.4, -0.2) is 53.6 Å². The van der Waals surface area contributed by atoms with E-state index in [-0.39, 0.29) is 42.2 Å². The molecule has 170 valence electrons. The van der Waals surface area contributed by atoms with E-state index < -0.39 is 11.7 Å². The summed E-state index contributed by atoms with van der Waals surface area (Å²) >= 11 is 0. The lowest BCUT2D eigenvalue weighted by molar-refractivity contribution is -0.137. The Morgan fingerprint density at radius 2 is 1.97 bits per heavy atom. The molecule has 2 N–H and O–H groups in total. The largest absolute Gasteiger partial charge is 0.421 e. The van der Waals surface area contributed by atoms with Gasteiger partial charge in [0.2, 0.25) is 11.9 Å². The second-order valence-corrected chi connectivity index (χ2v) is 8.70. The summed E-state index contributed by atoms with van der Waals surface area (Å²) in [5.41, 5.74) is 2.23. The summed E-state index contributed by atoms with van der Waals surface area (Å²) in [6.45, 7) is 1.39. The van der Waals surface area contributed by atoms with Gasteiger partial charge in [-0.2, -0.15) is 18.2 Å². The number of aromatic nitrogens is 2. The average molecular weight is 447 g/mol. The van der Waals surface area contributed by atoms with Crippen molar-refractivity contribution in [2.45, 2.75) is 43.3 Å². The topological polar surface area (TPSA) is 79.4 Å². The van der Waals surface area contributed by atoms with Crippen molar-refractivity contribution in [1.29, 1.82) is 0 Å². The van der Waals surface area contributed by atoms with E-state index in [1.807, 2.05) is 23.1 Å². The number of ether oxygens (including phenoxy) is 1. The number of anilines is 3. The first-order chi connectivity index (χ1) is 15.3. The molecule has 0 spiro atoms. The lowest BCUT2D eigenvalue weighted by atomic mass is 9.96. The van der Waals surface area contributed by atoms with E-state index in [1.54, 1.807) is 0 Å². The molecule has 10 heteroatoms. The third-order valence-corrected chi connectivity index (χ3v) is 6.31. The first-order valence-corrected chi connectivity index (χ1v) is 10.7. The Labute approximate surface area is 183 Å². The van der Waals surface area contributed by atoms with E-state index in [0.717, 1.165) is 31.0 Å². The van der Waals surface area contributed by atoms with E-state index >= 15 is 0 Å². The second kappa shape index (κ2) is 7.91. The number of carbonyl (C=O) groups excluding carboxylic acids is 1. The Bertz CT molecular complexity index is 1040. The van der Waals surface area contributed by atoms with Gasteiger partial charge in [0.1, 0.15) is 18.0 Å². The molecule has 1 saturated heterocycles. The maximum atomic E-state index is 13.3. The van der Waals surface area contributed by atoms with Crippen LogP contribution in [0.25, 0.3) is 0 Å². The van der Waals surface area contributed by atoms with Crippen molar-refractivity contribution >= 4 is 23.4 Å². The standard InChI is InChI=1S/C22H24F3N5O2/c1-32-11-19(31)30-9-12-6-13(10-30)17-7-15(4-5-16(12)17)28-21-26-8-18(22(23,24)25)20(29-21)27-14-2-3-14/h4-5,7-8,12-14H,2-3,6,9-11H2,1H3,(H2,26,27,28,29)/t12-,13+/m1/s1. The quantitative estimate of drug-likeness (QED) is 0.700. The fourth-order valence-electron chi connectivity index (χ4n) is 4.66. The van der Waals surface area contributed by atoms with Gasteiger partial charge >= 0.3 is 6.18 Å². The molecule has 1 saturated carbocycles. The first kappa shape index (κ1) is 21.0. The zero-order valence-corrected chi connectivity index (χ0v) is 17.6. The highest BCUT2D eigenvalue weighted by Crippen LogP contribution is 2.47. The molecule has 1 aromatic heterocycles. The van der Waals surface area contributed by atoms with Gasteiger partial charge in [-0.15, -0.1) is 0 Å². The predicted octanol–water partition coefficient (Wildman–Crippen LogP) is 3.87. The molecule has 3 aliphatic rings. The van der Waals surface area contributed by atoms with Crippen LogP contribution in [-0.2, 0) is 15.7 Å². The maximum absolute atomic E-state index is 13.3. The van der Waals surface area contributed by atoms with Crippen LogP contribution in [0.15, 0.2) is 24.4 Å².